The third kappa shape index (κ3) is 3.78. The molecule has 0 unspecified atom stereocenters. The molecule has 0 amide bonds. The molecule has 1 aromatic carbocycles. The van der Waals surface area contributed by atoms with Crippen molar-refractivity contribution in [2.45, 2.75) is 52.2 Å². The zero-order chi connectivity index (χ0) is 23.9. The van der Waals surface area contributed by atoms with Crippen molar-refractivity contribution in [1.82, 2.24) is 43.4 Å². The largest absolute Gasteiger partial charge is 0.335 e. The van der Waals surface area contributed by atoms with Gasteiger partial charge in [-0.1, -0.05) is 12.1 Å². The molecule has 1 aliphatic rings. The van der Waals surface area contributed by atoms with Crippen LogP contribution in [0.2, 0.25) is 0 Å². The summed E-state index contributed by atoms with van der Waals surface area (Å²) >= 11 is 0. The number of hydrogen-bond acceptors (Lipinski definition) is 6. The quantitative estimate of drug-likeness (QED) is 0.402. The highest BCUT2D eigenvalue weighted by molar-refractivity contribution is 5.71. The Morgan fingerprint density at radius 2 is 1.91 bits per heavy atom. The van der Waals surface area contributed by atoms with Crippen LogP contribution < -0.4 is 11.2 Å². The van der Waals surface area contributed by atoms with Crippen LogP contribution in [-0.2, 0) is 32.5 Å². The molecule has 0 spiro atoms. The molecular weight excluding hydrogens is 446 g/mol. The van der Waals surface area contributed by atoms with Crippen molar-refractivity contribution in [2.24, 2.45) is 0 Å². The molecule has 0 saturated heterocycles. The lowest BCUT2D eigenvalue weighted by molar-refractivity contribution is 0.522. The Kier molecular flexibility index (Phi) is 5.16. The second-order valence-corrected chi connectivity index (χ2v) is 8.77. The third-order valence-corrected chi connectivity index (χ3v) is 6.54. The van der Waals surface area contributed by atoms with Gasteiger partial charge < -0.3 is 9.13 Å². The number of aromatic nitrogens is 9. The molecule has 11 nitrogen and oxygen atoms in total. The molecule has 0 radical (unpaired) electrons. The van der Waals surface area contributed by atoms with E-state index in [1.165, 1.54) is 10.9 Å². The zero-order valence-corrected chi connectivity index (χ0v) is 19.4. The first-order chi connectivity index (χ1) is 17.1. The van der Waals surface area contributed by atoms with Gasteiger partial charge in [-0.25, -0.2) is 24.4 Å². The standard InChI is InChI=1S/C24H25N9O2/c1-2-31-22-21(23(34)29-24(31)35)32(12-16-6-8-18(9-7-16)33-15-25-14-26-33)20(28-22)11-17-13-30-10-4-3-5-19(30)27-17/h6-9,13-15H,2-5,10-12H2,1H3,(H,29,34,35). The molecule has 178 valence electrons. The lowest BCUT2D eigenvalue weighted by Gasteiger charge is -2.11. The summed E-state index contributed by atoms with van der Waals surface area (Å²) < 4.78 is 7.31. The maximum absolute atomic E-state index is 12.9. The van der Waals surface area contributed by atoms with Gasteiger partial charge in [-0.15, -0.1) is 0 Å². The number of aromatic amines is 1. The topological polar surface area (TPSA) is 121 Å². The summed E-state index contributed by atoms with van der Waals surface area (Å²) in [7, 11) is 0. The highest BCUT2D eigenvalue weighted by Crippen LogP contribution is 2.20. The predicted octanol–water partition coefficient (Wildman–Crippen LogP) is 1.66. The van der Waals surface area contributed by atoms with E-state index >= 15 is 0 Å². The van der Waals surface area contributed by atoms with Crippen molar-refractivity contribution in [3.8, 4) is 5.69 Å². The van der Waals surface area contributed by atoms with Crippen LogP contribution >= 0.6 is 0 Å². The van der Waals surface area contributed by atoms with Crippen LogP contribution in [0.1, 0.15) is 42.7 Å². The molecule has 0 saturated carbocycles. The summed E-state index contributed by atoms with van der Waals surface area (Å²) in [5, 5.41) is 4.16. The number of nitrogens with zero attached hydrogens (tertiary/aromatic N) is 8. The molecule has 1 aliphatic heterocycles. The molecule has 0 atom stereocenters. The monoisotopic (exact) mass is 471 g/mol. The second kappa shape index (κ2) is 8.49. The Balaban J connectivity index is 1.44. The van der Waals surface area contributed by atoms with Crippen molar-refractivity contribution in [1.29, 1.82) is 0 Å². The van der Waals surface area contributed by atoms with E-state index in [4.69, 9.17) is 9.97 Å². The van der Waals surface area contributed by atoms with Gasteiger partial charge >= 0.3 is 5.69 Å². The second-order valence-electron chi connectivity index (χ2n) is 8.77. The molecule has 6 rings (SSSR count). The number of H-pyrrole nitrogens is 1. The van der Waals surface area contributed by atoms with Gasteiger partial charge in [0.1, 0.15) is 24.3 Å². The van der Waals surface area contributed by atoms with Crippen molar-refractivity contribution < 1.29 is 0 Å². The van der Waals surface area contributed by atoms with E-state index in [1.807, 2.05) is 35.8 Å². The Hall–Kier alpha value is -4.28. The van der Waals surface area contributed by atoms with Crippen LogP contribution in [0.4, 0.5) is 0 Å². The molecule has 5 aromatic rings. The first-order valence-corrected chi connectivity index (χ1v) is 11.8. The summed E-state index contributed by atoms with van der Waals surface area (Å²) in [5.74, 6) is 1.80. The minimum Gasteiger partial charge on any atom is -0.335 e. The van der Waals surface area contributed by atoms with E-state index in [2.05, 4.69) is 25.8 Å². The molecule has 11 heteroatoms. The molecule has 35 heavy (non-hydrogen) atoms. The Morgan fingerprint density at radius 1 is 1.06 bits per heavy atom. The average molecular weight is 472 g/mol. The molecular formula is C24H25N9O2. The van der Waals surface area contributed by atoms with Gasteiger partial charge in [-0.3, -0.25) is 14.3 Å². The van der Waals surface area contributed by atoms with Gasteiger partial charge in [-0.2, -0.15) is 5.10 Å². The van der Waals surface area contributed by atoms with Gasteiger partial charge in [0.05, 0.1) is 11.4 Å². The van der Waals surface area contributed by atoms with Crippen molar-refractivity contribution in [3.05, 3.63) is 86.9 Å². The number of imidazole rings is 2. The lowest BCUT2D eigenvalue weighted by Crippen LogP contribution is -2.30. The van der Waals surface area contributed by atoms with E-state index in [1.54, 1.807) is 11.0 Å². The fourth-order valence-corrected chi connectivity index (χ4v) is 4.81. The van der Waals surface area contributed by atoms with Crippen LogP contribution in [0.15, 0.2) is 52.7 Å². The molecule has 0 bridgehead atoms. The highest BCUT2D eigenvalue weighted by atomic mass is 16.2. The average Bonchev–Trinajstić information content (AvgIpc) is 3.59. The summed E-state index contributed by atoms with van der Waals surface area (Å²) in [6.45, 7) is 3.69. The number of hydrogen-bond donors (Lipinski definition) is 1. The minimum atomic E-state index is -0.448. The molecule has 1 N–H and O–H groups in total. The van der Waals surface area contributed by atoms with Gasteiger partial charge in [0, 0.05) is 38.7 Å². The Labute approximate surface area is 199 Å². The van der Waals surface area contributed by atoms with E-state index in [0.29, 0.717) is 36.5 Å². The number of nitrogens with one attached hydrogen (secondary N) is 1. The first-order valence-electron chi connectivity index (χ1n) is 11.8. The molecule has 4 aromatic heterocycles. The maximum Gasteiger partial charge on any atom is 0.330 e. The lowest BCUT2D eigenvalue weighted by atomic mass is 10.2. The normalized spacial score (nSPS) is 13.4. The van der Waals surface area contributed by atoms with Crippen LogP contribution in [0.5, 0.6) is 0 Å². The van der Waals surface area contributed by atoms with Crippen molar-refractivity contribution in [2.75, 3.05) is 0 Å². The molecule has 0 aliphatic carbocycles. The maximum atomic E-state index is 12.9. The van der Waals surface area contributed by atoms with Crippen molar-refractivity contribution in [3.63, 3.8) is 0 Å². The van der Waals surface area contributed by atoms with Crippen LogP contribution in [-0.4, -0.2) is 43.4 Å². The van der Waals surface area contributed by atoms with E-state index in [0.717, 1.165) is 48.6 Å². The Morgan fingerprint density at radius 3 is 2.66 bits per heavy atom. The van der Waals surface area contributed by atoms with Gasteiger partial charge in [0.2, 0.25) is 0 Å². The molecule has 5 heterocycles. The van der Waals surface area contributed by atoms with Gasteiger partial charge in [0.15, 0.2) is 11.2 Å². The highest BCUT2D eigenvalue weighted by Gasteiger charge is 2.20. The smallest absolute Gasteiger partial charge is 0.330 e. The van der Waals surface area contributed by atoms with Crippen LogP contribution in [0.25, 0.3) is 16.9 Å². The van der Waals surface area contributed by atoms with E-state index in [9.17, 15) is 9.59 Å². The summed E-state index contributed by atoms with van der Waals surface area (Å²) in [6.07, 6.45) is 8.98. The summed E-state index contributed by atoms with van der Waals surface area (Å²) in [5.41, 5.74) is 2.72. The van der Waals surface area contributed by atoms with E-state index in [-0.39, 0.29) is 0 Å². The van der Waals surface area contributed by atoms with Crippen molar-refractivity contribution >= 4 is 11.2 Å². The fourth-order valence-electron chi connectivity index (χ4n) is 4.81. The first kappa shape index (κ1) is 21.3. The Bertz CT molecular complexity index is 1600. The van der Waals surface area contributed by atoms with Gasteiger partial charge in [0.25, 0.3) is 5.56 Å². The SMILES string of the molecule is CCn1c(=O)[nH]c(=O)c2c1nc(Cc1cn3c(n1)CCCC3)n2Cc1ccc(-n2cncn2)cc1. The van der Waals surface area contributed by atoms with Gasteiger partial charge in [-0.05, 0) is 37.5 Å². The number of aryl methyl sites for hydroxylation is 3. The zero-order valence-electron chi connectivity index (χ0n) is 19.4. The van der Waals surface area contributed by atoms with Crippen LogP contribution in [0.3, 0.4) is 0 Å². The predicted molar refractivity (Wildman–Crippen MR) is 129 cm³/mol. The molecule has 0 fully saturated rings. The minimum absolute atomic E-state index is 0.394. The summed E-state index contributed by atoms with van der Waals surface area (Å²) in [6, 6.07) is 7.90. The number of fused-ring (bicyclic) bond motifs is 2. The fraction of sp³-hybridized carbons (Fsp3) is 0.333. The van der Waals surface area contributed by atoms with E-state index < -0.39 is 11.2 Å². The van der Waals surface area contributed by atoms with Crippen LogP contribution in [0, 0.1) is 0 Å². The number of benzene rings is 1. The summed E-state index contributed by atoms with van der Waals surface area (Å²) in [4.78, 5) is 41.4. The third-order valence-electron chi connectivity index (χ3n) is 6.54. The number of rotatable bonds is 6.